The van der Waals surface area contributed by atoms with Gasteiger partial charge >= 0.3 is 0 Å². The quantitative estimate of drug-likeness (QED) is 0.861. The summed E-state index contributed by atoms with van der Waals surface area (Å²) in [6.45, 7) is 2.08. The normalized spacial score (nSPS) is 20.8. The Bertz CT molecular complexity index is 425. The largest absolute Gasteiger partial charge is 0.377 e. The number of rotatable bonds is 1. The Kier molecular flexibility index (Phi) is 3.11. The topological polar surface area (TPSA) is 50.7 Å². The van der Waals surface area contributed by atoms with Crippen molar-refractivity contribution in [2.45, 2.75) is 12.2 Å². The van der Waals surface area contributed by atoms with Crippen LogP contribution in [-0.2, 0) is 0 Å². The zero-order valence-corrected chi connectivity index (χ0v) is 10.5. The van der Waals surface area contributed by atoms with Gasteiger partial charge < -0.3 is 5.73 Å². The highest BCUT2D eigenvalue weighted by Gasteiger charge is 2.18. The van der Waals surface area contributed by atoms with Crippen molar-refractivity contribution < 1.29 is 0 Å². The van der Waals surface area contributed by atoms with Crippen LogP contribution >= 0.6 is 27.7 Å². The first kappa shape index (κ1) is 10.7. The van der Waals surface area contributed by atoms with Crippen LogP contribution in [0.3, 0.4) is 0 Å². The van der Waals surface area contributed by atoms with E-state index in [9.17, 15) is 0 Å². The monoisotopic (exact) mass is 283 g/mol. The number of nitrogens with two attached hydrogens (primary N) is 1. The van der Waals surface area contributed by atoms with Crippen molar-refractivity contribution in [3.05, 3.63) is 34.3 Å². The van der Waals surface area contributed by atoms with Gasteiger partial charge in [-0.05, 0) is 24.6 Å². The highest BCUT2D eigenvalue weighted by Crippen LogP contribution is 2.22. The van der Waals surface area contributed by atoms with Crippen molar-refractivity contribution in [3.63, 3.8) is 0 Å². The fraction of sp³-hybridized carbons (Fsp3) is 0.200. The average Bonchev–Trinajstić information content (AvgIpc) is 2.20. The predicted octanol–water partition coefficient (Wildman–Crippen LogP) is 2.60. The lowest BCUT2D eigenvalue weighted by Crippen LogP contribution is -2.23. The molecule has 0 amide bonds. The summed E-state index contributed by atoms with van der Waals surface area (Å²) in [7, 11) is 0. The van der Waals surface area contributed by atoms with Crippen LogP contribution in [0.4, 0.5) is 0 Å². The van der Waals surface area contributed by atoms with Crippen LogP contribution in [0.2, 0.25) is 0 Å². The van der Waals surface area contributed by atoms with Crippen LogP contribution in [0.1, 0.15) is 12.5 Å². The molecular formula is C10H10BrN3S. The van der Waals surface area contributed by atoms with Gasteiger partial charge in [0.2, 0.25) is 0 Å². The SMILES string of the molecule is CC1SC(N)=NN=C1c1ccc(Br)cc1. The van der Waals surface area contributed by atoms with Gasteiger partial charge in [-0.3, -0.25) is 0 Å². The molecule has 2 N–H and O–H groups in total. The first-order valence-corrected chi connectivity index (χ1v) is 6.17. The third-order valence-corrected chi connectivity index (χ3v) is 3.51. The molecule has 1 heterocycles. The fourth-order valence-corrected chi connectivity index (χ4v) is 2.37. The van der Waals surface area contributed by atoms with E-state index in [-0.39, 0.29) is 5.25 Å². The first-order chi connectivity index (χ1) is 7.16. The minimum atomic E-state index is 0.253. The summed E-state index contributed by atoms with van der Waals surface area (Å²) in [4.78, 5) is 0. The molecule has 0 bridgehead atoms. The summed E-state index contributed by atoms with van der Waals surface area (Å²) in [5.41, 5.74) is 7.65. The van der Waals surface area contributed by atoms with E-state index in [0.29, 0.717) is 5.17 Å². The number of benzene rings is 1. The molecule has 0 aliphatic carbocycles. The third-order valence-electron chi connectivity index (χ3n) is 2.08. The van der Waals surface area contributed by atoms with Crippen molar-refractivity contribution >= 4 is 38.6 Å². The van der Waals surface area contributed by atoms with Crippen molar-refractivity contribution in [2.75, 3.05) is 0 Å². The predicted molar refractivity (Wildman–Crippen MR) is 69.4 cm³/mol. The second-order valence-corrected chi connectivity index (χ2v) is 5.47. The number of amidine groups is 1. The van der Waals surface area contributed by atoms with Crippen LogP contribution in [0.25, 0.3) is 0 Å². The summed E-state index contributed by atoms with van der Waals surface area (Å²) in [6, 6.07) is 8.04. The maximum Gasteiger partial charge on any atom is 0.181 e. The van der Waals surface area contributed by atoms with Crippen LogP contribution in [0, 0.1) is 0 Å². The molecule has 1 aliphatic heterocycles. The van der Waals surface area contributed by atoms with E-state index in [1.165, 1.54) is 11.8 Å². The molecule has 1 atom stereocenters. The Hall–Kier alpha value is -0.810. The highest BCUT2D eigenvalue weighted by molar-refractivity contribution is 9.10. The zero-order valence-electron chi connectivity index (χ0n) is 8.14. The summed E-state index contributed by atoms with van der Waals surface area (Å²) in [6.07, 6.45) is 0. The van der Waals surface area contributed by atoms with E-state index in [1.807, 2.05) is 24.3 Å². The lowest BCUT2D eigenvalue weighted by atomic mass is 10.1. The lowest BCUT2D eigenvalue weighted by Gasteiger charge is -2.16. The molecule has 1 aliphatic rings. The van der Waals surface area contributed by atoms with Crippen molar-refractivity contribution in [3.8, 4) is 0 Å². The molecule has 1 aromatic carbocycles. The molecule has 0 aromatic heterocycles. The highest BCUT2D eigenvalue weighted by atomic mass is 79.9. The standard InChI is InChI=1S/C10H10BrN3S/c1-6-9(13-14-10(12)15-6)7-2-4-8(11)5-3-7/h2-6H,1H3,(H2,12,14). The molecule has 1 aromatic rings. The molecule has 0 fully saturated rings. The molecule has 0 spiro atoms. The van der Waals surface area contributed by atoms with E-state index in [0.717, 1.165) is 15.7 Å². The van der Waals surface area contributed by atoms with Gasteiger partial charge in [-0.1, -0.05) is 39.8 Å². The Morgan fingerprint density at radius 3 is 2.53 bits per heavy atom. The summed E-state index contributed by atoms with van der Waals surface area (Å²) in [5.74, 6) is 0. The molecule has 3 nitrogen and oxygen atoms in total. The van der Waals surface area contributed by atoms with Gasteiger partial charge in [0.1, 0.15) is 0 Å². The molecule has 15 heavy (non-hydrogen) atoms. The van der Waals surface area contributed by atoms with E-state index >= 15 is 0 Å². The minimum absolute atomic E-state index is 0.253. The van der Waals surface area contributed by atoms with Gasteiger partial charge in [0, 0.05) is 4.47 Å². The number of nitrogens with zero attached hydrogens (tertiary/aromatic N) is 2. The number of thioether (sulfide) groups is 1. The van der Waals surface area contributed by atoms with Crippen LogP contribution in [-0.4, -0.2) is 16.1 Å². The lowest BCUT2D eigenvalue weighted by molar-refractivity contribution is 1.16. The third kappa shape index (κ3) is 2.41. The van der Waals surface area contributed by atoms with Crippen LogP contribution < -0.4 is 5.73 Å². The minimum Gasteiger partial charge on any atom is -0.377 e. The molecule has 5 heteroatoms. The van der Waals surface area contributed by atoms with Crippen LogP contribution in [0.15, 0.2) is 38.9 Å². The maximum atomic E-state index is 5.59. The van der Waals surface area contributed by atoms with E-state index in [2.05, 4.69) is 33.1 Å². The van der Waals surface area contributed by atoms with Gasteiger partial charge in [-0.25, -0.2) is 0 Å². The average molecular weight is 284 g/mol. The molecule has 0 saturated heterocycles. The summed E-state index contributed by atoms with van der Waals surface area (Å²) >= 11 is 4.94. The fourth-order valence-electron chi connectivity index (χ4n) is 1.36. The Morgan fingerprint density at radius 1 is 1.27 bits per heavy atom. The van der Waals surface area contributed by atoms with E-state index < -0.39 is 0 Å². The second-order valence-electron chi connectivity index (χ2n) is 3.19. The van der Waals surface area contributed by atoms with Crippen molar-refractivity contribution in [2.24, 2.45) is 15.9 Å². The Balaban J connectivity index is 2.35. The molecule has 1 unspecified atom stereocenters. The van der Waals surface area contributed by atoms with Gasteiger partial charge in [0.05, 0.1) is 11.0 Å². The van der Waals surface area contributed by atoms with Crippen molar-refractivity contribution in [1.29, 1.82) is 0 Å². The first-order valence-electron chi connectivity index (χ1n) is 4.50. The smallest absolute Gasteiger partial charge is 0.181 e. The van der Waals surface area contributed by atoms with E-state index in [4.69, 9.17) is 5.73 Å². The molecule has 2 rings (SSSR count). The number of halogens is 1. The second kappa shape index (κ2) is 4.37. The zero-order chi connectivity index (χ0) is 10.8. The Morgan fingerprint density at radius 2 is 1.93 bits per heavy atom. The number of hydrogen-bond acceptors (Lipinski definition) is 4. The van der Waals surface area contributed by atoms with Gasteiger partial charge in [-0.15, -0.1) is 5.10 Å². The molecule has 78 valence electrons. The molecule has 0 radical (unpaired) electrons. The van der Waals surface area contributed by atoms with Gasteiger partial charge in [-0.2, -0.15) is 5.10 Å². The maximum absolute atomic E-state index is 5.59. The Labute approximate surface area is 101 Å². The van der Waals surface area contributed by atoms with Crippen LogP contribution in [0.5, 0.6) is 0 Å². The van der Waals surface area contributed by atoms with Gasteiger partial charge in [0.25, 0.3) is 0 Å². The van der Waals surface area contributed by atoms with E-state index in [1.54, 1.807) is 0 Å². The van der Waals surface area contributed by atoms with Crippen molar-refractivity contribution in [1.82, 2.24) is 0 Å². The number of hydrogen-bond donors (Lipinski definition) is 1. The summed E-state index contributed by atoms with van der Waals surface area (Å²) < 4.78 is 1.06. The van der Waals surface area contributed by atoms with Gasteiger partial charge in [0.15, 0.2) is 5.17 Å². The molecule has 0 saturated carbocycles. The molecular weight excluding hydrogens is 274 g/mol. The summed E-state index contributed by atoms with van der Waals surface area (Å²) in [5, 5.41) is 8.81.